The Labute approximate surface area is 370 Å². The van der Waals surface area contributed by atoms with E-state index in [1.165, 1.54) is 14.2 Å². The van der Waals surface area contributed by atoms with Crippen LogP contribution in [0.3, 0.4) is 0 Å². The molecule has 4 aliphatic rings. The molecule has 18 heteroatoms. The summed E-state index contributed by atoms with van der Waals surface area (Å²) in [6.45, 7) is 10.4. The van der Waals surface area contributed by atoms with Gasteiger partial charge in [-0.2, -0.15) is 4.98 Å². The zero-order valence-corrected chi connectivity index (χ0v) is 36.9. The summed E-state index contributed by atoms with van der Waals surface area (Å²) in [6, 6.07) is 12.0. The van der Waals surface area contributed by atoms with E-state index in [0.29, 0.717) is 34.0 Å². The Morgan fingerprint density at radius 2 is 1.73 bits per heavy atom. The second-order valence-electron chi connectivity index (χ2n) is 17.5. The van der Waals surface area contributed by atoms with E-state index in [1.807, 2.05) is 44.2 Å². The van der Waals surface area contributed by atoms with Crippen molar-refractivity contribution in [3.8, 4) is 11.5 Å². The Balaban J connectivity index is 0.816. The van der Waals surface area contributed by atoms with Crippen molar-refractivity contribution in [2.45, 2.75) is 64.5 Å². The van der Waals surface area contributed by atoms with Crippen molar-refractivity contribution >= 4 is 69.3 Å². The van der Waals surface area contributed by atoms with Gasteiger partial charge in [0.05, 0.1) is 24.4 Å². The van der Waals surface area contributed by atoms with Crippen LogP contribution in [0.15, 0.2) is 53.5 Å². The number of halogens is 1. The van der Waals surface area contributed by atoms with Crippen molar-refractivity contribution in [3.63, 3.8) is 0 Å². The van der Waals surface area contributed by atoms with Crippen molar-refractivity contribution in [1.82, 2.24) is 35.4 Å². The number of likely N-dealkylation sites (N-methyl/N-ethyl adjacent to an activating group) is 1. The Morgan fingerprint density at radius 3 is 2.43 bits per heavy atom. The van der Waals surface area contributed by atoms with Crippen LogP contribution in [0.5, 0.6) is 11.5 Å². The minimum Gasteiger partial charge on any atom is -0.496 e. The van der Waals surface area contributed by atoms with E-state index in [9.17, 15) is 24.0 Å². The normalized spacial score (nSPS) is 19.2. The zero-order valence-electron chi connectivity index (χ0n) is 36.2. The van der Waals surface area contributed by atoms with E-state index in [0.717, 1.165) is 93.8 Å². The Kier molecular flexibility index (Phi) is 12.8. The summed E-state index contributed by atoms with van der Waals surface area (Å²) in [5.74, 6) is 0.684. The van der Waals surface area contributed by atoms with Crippen LogP contribution < -0.4 is 46.1 Å². The van der Waals surface area contributed by atoms with Gasteiger partial charge in [-0.15, -0.1) is 0 Å². The molecule has 1 atom stereocenters. The molecule has 0 radical (unpaired) electrons. The Bertz CT molecular complexity index is 2450. The van der Waals surface area contributed by atoms with Crippen molar-refractivity contribution in [2.75, 3.05) is 81.7 Å². The highest BCUT2D eigenvalue weighted by Crippen LogP contribution is 2.44. The van der Waals surface area contributed by atoms with Gasteiger partial charge in [0, 0.05) is 80.5 Å². The molecule has 4 amide bonds. The largest absolute Gasteiger partial charge is 0.496 e. The Morgan fingerprint density at radius 1 is 0.968 bits per heavy atom. The Hall–Kier alpha value is -5.94. The molecule has 4 saturated heterocycles. The number of aromatic nitrogens is 3. The highest BCUT2D eigenvalue weighted by Gasteiger charge is 2.45. The topological polar surface area (TPSA) is 192 Å². The van der Waals surface area contributed by atoms with Gasteiger partial charge in [-0.05, 0) is 101 Å². The highest BCUT2D eigenvalue weighted by atomic mass is 35.5. The summed E-state index contributed by atoms with van der Waals surface area (Å²) in [5, 5.41) is 12.0. The molecule has 4 N–H and O–H groups in total. The molecule has 2 aromatic heterocycles. The fourth-order valence-electron chi connectivity index (χ4n) is 9.25. The summed E-state index contributed by atoms with van der Waals surface area (Å²) in [6.07, 6.45) is 6.45. The number of likely N-dealkylation sites (tertiary alicyclic amines) is 1. The molecule has 63 heavy (non-hydrogen) atoms. The van der Waals surface area contributed by atoms with Gasteiger partial charge in [-0.1, -0.05) is 11.6 Å². The number of imide groups is 1. The van der Waals surface area contributed by atoms with Crippen LogP contribution in [0.25, 0.3) is 10.9 Å². The maximum Gasteiger partial charge on any atom is 0.293 e. The number of amides is 4. The number of piperidine rings is 3. The lowest BCUT2D eigenvalue weighted by Gasteiger charge is -2.55. The zero-order chi connectivity index (χ0) is 44.4. The van der Waals surface area contributed by atoms with Gasteiger partial charge in [0.2, 0.25) is 17.8 Å². The molecular weight excluding hydrogens is 828 g/mol. The molecule has 1 spiro atoms. The number of carbonyl (C=O) groups is 4. The third kappa shape index (κ3) is 9.54. The lowest BCUT2D eigenvalue weighted by Crippen LogP contribution is -2.60. The number of methoxy groups -OCH3 is 1. The maximum absolute atomic E-state index is 13.3. The predicted octanol–water partition coefficient (Wildman–Crippen LogP) is 4.26. The van der Waals surface area contributed by atoms with Gasteiger partial charge < -0.3 is 44.7 Å². The first-order chi connectivity index (χ1) is 30.3. The van der Waals surface area contributed by atoms with Crippen LogP contribution in [0.2, 0.25) is 5.02 Å². The van der Waals surface area contributed by atoms with E-state index in [4.69, 9.17) is 26.1 Å². The summed E-state index contributed by atoms with van der Waals surface area (Å²) >= 11 is 6.62. The van der Waals surface area contributed by atoms with Crippen molar-refractivity contribution in [1.29, 1.82) is 0 Å². The lowest BCUT2D eigenvalue weighted by molar-refractivity contribution is -0.134. The van der Waals surface area contributed by atoms with E-state index in [1.54, 1.807) is 22.9 Å². The molecule has 0 bridgehead atoms. The number of rotatable bonds is 13. The molecule has 0 aliphatic carbocycles. The first-order valence-electron chi connectivity index (χ1n) is 21.7. The number of ether oxygens (including phenoxy) is 2. The van der Waals surface area contributed by atoms with Gasteiger partial charge >= 0.3 is 0 Å². The van der Waals surface area contributed by atoms with Crippen molar-refractivity contribution in [3.05, 3.63) is 69.6 Å². The van der Waals surface area contributed by atoms with E-state index in [2.05, 4.69) is 41.0 Å². The number of nitrogens with one attached hydrogen (secondary N) is 4. The van der Waals surface area contributed by atoms with Gasteiger partial charge in [-0.3, -0.25) is 29.3 Å². The highest BCUT2D eigenvalue weighted by molar-refractivity contribution is 6.33. The van der Waals surface area contributed by atoms with Crippen LogP contribution in [0.1, 0.15) is 68.8 Å². The third-order valence-corrected chi connectivity index (χ3v) is 13.2. The number of pyridine rings is 1. The quantitative estimate of drug-likeness (QED) is 0.140. The van der Waals surface area contributed by atoms with Crippen molar-refractivity contribution < 1.29 is 28.7 Å². The number of hydrogen-bond acceptors (Lipinski definition) is 13. The SMILES string of the molecule is CNC(=O)COc1cc2cc(Nc3nc(N4CCC(CN5CCC6(CC5)CN(c5ccc(C(=O)NC7CCC(=O)NC7=O)c(OC)c5)C6)CC4)ncc3Cl)ccc2n(C(C)C)c1=O. The van der Waals surface area contributed by atoms with Gasteiger partial charge in [0.1, 0.15) is 16.8 Å². The predicted molar refractivity (Wildman–Crippen MR) is 240 cm³/mol. The van der Waals surface area contributed by atoms with E-state index in [-0.39, 0.29) is 54.0 Å². The number of hydrogen-bond donors (Lipinski definition) is 4. The minimum atomic E-state index is -0.753. The number of anilines is 4. The summed E-state index contributed by atoms with van der Waals surface area (Å²) < 4.78 is 12.9. The second kappa shape index (κ2) is 18.4. The second-order valence-corrected chi connectivity index (χ2v) is 17.9. The maximum atomic E-state index is 13.3. The van der Waals surface area contributed by atoms with Crippen LogP contribution in [0, 0.1) is 11.3 Å². The fraction of sp³-hybridized carbons (Fsp3) is 0.489. The summed E-state index contributed by atoms with van der Waals surface area (Å²) in [4.78, 5) is 78.4. The average Bonchev–Trinajstić information content (AvgIpc) is 3.26. The van der Waals surface area contributed by atoms with Crippen LogP contribution in [-0.4, -0.2) is 116 Å². The summed E-state index contributed by atoms with van der Waals surface area (Å²) in [7, 11) is 3.05. The molecule has 0 saturated carbocycles. The molecule has 334 valence electrons. The number of carbonyl (C=O) groups excluding carboxylic acids is 4. The fourth-order valence-corrected chi connectivity index (χ4v) is 9.39. The number of nitrogens with zero attached hydrogens (tertiary/aromatic N) is 6. The first-order valence-corrected chi connectivity index (χ1v) is 22.1. The standard InChI is InChI=1S/C45H55ClN10O7/c1-27(2)56-35-9-5-30(19-29(35)20-37(43(56)61)63-24-39(58)47-3)49-40-33(46)22-48-44(52-40)54-15-11-28(12-16-54)23-53-17-13-45(14-18-53)25-55(26-45)31-6-7-32(36(21-31)62-4)41(59)50-34-8-10-38(57)51-42(34)60/h5-7,9,19-22,27-28,34H,8,10-18,23-26H2,1-4H3,(H,47,58)(H,50,59)(H,48,49,52)(H,51,57,60). The van der Waals surface area contributed by atoms with Crippen LogP contribution in [-0.2, 0) is 14.4 Å². The van der Waals surface area contributed by atoms with Gasteiger partial charge in [-0.25, -0.2) is 4.98 Å². The van der Waals surface area contributed by atoms with Crippen LogP contribution in [0.4, 0.5) is 23.1 Å². The van der Waals surface area contributed by atoms with E-state index < -0.39 is 17.9 Å². The average molecular weight is 883 g/mol. The number of benzene rings is 2. The van der Waals surface area contributed by atoms with Gasteiger partial charge in [0.15, 0.2) is 18.2 Å². The molecule has 8 rings (SSSR count). The van der Waals surface area contributed by atoms with Gasteiger partial charge in [0.25, 0.3) is 17.4 Å². The van der Waals surface area contributed by atoms with Crippen LogP contribution >= 0.6 is 11.6 Å². The lowest BCUT2D eigenvalue weighted by atomic mass is 9.71. The van der Waals surface area contributed by atoms with Crippen molar-refractivity contribution in [2.24, 2.45) is 11.3 Å². The third-order valence-electron chi connectivity index (χ3n) is 12.9. The molecular formula is C45H55ClN10O7. The number of fused-ring (bicyclic) bond motifs is 1. The first kappa shape index (κ1) is 43.7. The molecule has 4 aromatic rings. The summed E-state index contributed by atoms with van der Waals surface area (Å²) in [5.41, 5.74) is 2.80. The smallest absolute Gasteiger partial charge is 0.293 e. The molecule has 4 fully saturated rings. The molecule has 17 nitrogen and oxygen atoms in total. The molecule has 2 aromatic carbocycles. The van der Waals surface area contributed by atoms with E-state index >= 15 is 0 Å². The monoisotopic (exact) mass is 882 g/mol. The minimum absolute atomic E-state index is 0.0971. The molecule has 1 unspecified atom stereocenters. The molecule has 4 aliphatic heterocycles. The molecule has 6 heterocycles.